The summed E-state index contributed by atoms with van der Waals surface area (Å²) >= 11 is 0. The molecule has 0 fully saturated rings. The molecule has 0 saturated heterocycles. The number of methoxy groups -OCH3 is 1. The molecule has 4 aromatic rings. The summed E-state index contributed by atoms with van der Waals surface area (Å²) in [5, 5.41) is 10.8. The summed E-state index contributed by atoms with van der Waals surface area (Å²) < 4.78 is 28.9. The van der Waals surface area contributed by atoms with Gasteiger partial charge in [-0.1, -0.05) is 38.1 Å². The Morgan fingerprint density at radius 2 is 1.88 bits per heavy atom. The molecule has 8 nitrogen and oxygen atoms in total. The maximum absolute atomic E-state index is 13.1. The quantitative estimate of drug-likeness (QED) is 0.185. The van der Waals surface area contributed by atoms with Crippen LogP contribution in [0.25, 0.3) is 11.0 Å². The minimum absolute atomic E-state index is 0.0202. The summed E-state index contributed by atoms with van der Waals surface area (Å²) in [5.41, 5.74) is 10.3. The van der Waals surface area contributed by atoms with Crippen LogP contribution in [0.4, 0.5) is 0 Å². The van der Waals surface area contributed by atoms with Crippen molar-refractivity contribution in [1.29, 1.82) is 5.26 Å². The number of carbonyl (C=O) groups is 1. The number of hydrogen-bond acceptors (Lipinski definition) is 8. The van der Waals surface area contributed by atoms with Crippen molar-refractivity contribution in [1.82, 2.24) is 0 Å². The molecular weight excluding hydrogens is 520 g/mol. The fourth-order valence-corrected chi connectivity index (χ4v) is 4.91. The van der Waals surface area contributed by atoms with Crippen LogP contribution < -0.4 is 24.7 Å². The molecular formula is C33H32N2O6. The predicted octanol–water partition coefficient (Wildman–Crippen LogP) is 6.92. The molecule has 0 radical (unpaired) electrons. The number of fused-ring (bicyclic) bond motifs is 2. The minimum atomic E-state index is -0.623. The van der Waals surface area contributed by atoms with Crippen molar-refractivity contribution in [3.05, 3.63) is 94.1 Å². The molecule has 1 aromatic heterocycles. The molecule has 1 aliphatic rings. The number of ether oxygens (including phenoxy) is 4. The largest absolute Gasteiger partial charge is 0.493 e. The Labute approximate surface area is 238 Å². The number of nitrogens with two attached hydrogens (primary N) is 1. The van der Waals surface area contributed by atoms with Crippen molar-refractivity contribution in [3.63, 3.8) is 0 Å². The van der Waals surface area contributed by atoms with Gasteiger partial charge in [-0.25, -0.2) is 4.79 Å². The first kappa shape index (κ1) is 27.7. The number of benzene rings is 3. The second-order valence-corrected chi connectivity index (χ2v) is 10.5. The summed E-state index contributed by atoms with van der Waals surface area (Å²) in [4.78, 5) is 13.1. The number of hydrogen-bond donors (Lipinski definition) is 1. The van der Waals surface area contributed by atoms with Gasteiger partial charge in [0.05, 0.1) is 19.6 Å². The molecule has 210 valence electrons. The first-order valence-corrected chi connectivity index (χ1v) is 13.4. The third-order valence-electron chi connectivity index (χ3n) is 7.15. The smallest absolute Gasteiger partial charge is 0.379 e. The van der Waals surface area contributed by atoms with Gasteiger partial charge < -0.3 is 29.1 Å². The van der Waals surface area contributed by atoms with E-state index in [1.54, 1.807) is 25.3 Å². The fourth-order valence-electron chi connectivity index (χ4n) is 4.91. The van der Waals surface area contributed by atoms with Crippen molar-refractivity contribution < 1.29 is 28.2 Å². The minimum Gasteiger partial charge on any atom is -0.493 e. The van der Waals surface area contributed by atoms with Gasteiger partial charge in [0.25, 0.3) is 0 Å². The van der Waals surface area contributed by atoms with Gasteiger partial charge in [-0.3, -0.25) is 0 Å². The average Bonchev–Trinajstić information content (AvgIpc) is 3.27. The van der Waals surface area contributed by atoms with Crippen molar-refractivity contribution in [2.24, 2.45) is 11.7 Å². The topological polar surface area (TPSA) is 117 Å². The van der Waals surface area contributed by atoms with E-state index in [4.69, 9.17) is 29.1 Å². The lowest BCUT2D eigenvalue weighted by Gasteiger charge is -2.27. The molecule has 3 aromatic carbocycles. The van der Waals surface area contributed by atoms with E-state index >= 15 is 0 Å². The van der Waals surface area contributed by atoms with Gasteiger partial charge in [0.1, 0.15) is 28.7 Å². The van der Waals surface area contributed by atoms with Crippen LogP contribution in [0.15, 0.2) is 70.5 Å². The maximum Gasteiger partial charge on any atom is 0.379 e. The molecule has 5 rings (SSSR count). The van der Waals surface area contributed by atoms with E-state index in [0.29, 0.717) is 46.5 Å². The third-order valence-corrected chi connectivity index (χ3v) is 7.15. The highest BCUT2D eigenvalue weighted by molar-refractivity contribution is 5.97. The number of furan rings is 1. The van der Waals surface area contributed by atoms with Gasteiger partial charge in [-0.05, 0) is 61.6 Å². The molecule has 1 aliphatic heterocycles. The van der Waals surface area contributed by atoms with Gasteiger partial charge in [0.2, 0.25) is 11.6 Å². The van der Waals surface area contributed by atoms with E-state index in [0.717, 1.165) is 22.9 Å². The number of carbonyl (C=O) groups excluding carboxylic acids is 1. The Bertz CT molecular complexity index is 1710. The molecule has 2 N–H and O–H groups in total. The monoisotopic (exact) mass is 552 g/mol. The molecule has 1 unspecified atom stereocenters. The van der Waals surface area contributed by atoms with Gasteiger partial charge in [-0.15, -0.1) is 0 Å². The second-order valence-electron chi connectivity index (χ2n) is 10.5. The zero-order valence-electron chi connectivity index (χ0n) is 23.7. The lowest BCUT2D eigenvalue weighted by atomic mass is 9.83. The molecule has 1 atom stereocenters. The van der Waals surface area contributed by atoms with Gasteiger partial charge in [-0.2, -0.15) is 5.26 Å². The zero-order chi connectivity index (χ0) is 29.3. The van der Waals surface area contributed by atoms with Gasteiger partial charge in [0, 0.05) is 22.6 Å². The number of nitriles is 1. The highest BCUT2D eigenvalue weighted by atomic mass is 16.5. The van der Waals surface area contributed by atoms with Gasteiger partial charge in [0.15, 0.2) is 11.5 Å². The van der Waals surface area contributed by atoms with Crippen molar-refractivity contribution in [2.45, 2.75) is 40.0 Å². The standard InChI is InChI=1S/C33H32N2O6/c1-18(2)12-13-38-26-11-7-21(15-29(26)37-5)30-24-10-8-22(16-28(24)41-32(35)25(30)17-34)39-33(36)31-20(4)23-9-6-19(3)14-27(23)40-31/h6-11,14-16,18,30H,12-13,35H2,1-5H3. The Kier molecular flexibility index (Phi) is 7.62. The first-order valence-electron chi connectivity index (χ1n) is 13.4. The molecule has 0 bridgehead atoms. The Morgan fingerprint density at radius 1 is 1.07 bits per heavy atom. The summed E-state index contributed by atoms with van der Waals surface area (Å²) in [7, 11) is 1.58. The van der Waals surface area contributed by atoms with Crippen LogP contribution in [0.3, 0.4) is 0 Å². The number of rotatable bonds is 8. The second kappa shape index (κ2) is 11.3. The zero-order valence-corrected chi connectivity index (χ0v) is 23.7. The predicted molar refractivity (Wildman–Crippen MR) is 154 cm³/mol. The Balaban J connectivity index is 1.45. The Hall–Kier alpha value is -4.90. The fraction of sp³-hybridized carbons (Fsp3) is 0.273. The summed E-state index contributed by atoms with van der Waals surface area (Å²) in [6, 6.07) is 18.5. The van der Waals surface area contributed by atoms with Crippen LogP contribution in [0, 0.1) is 31.1 Å². The van der Waals surface area contributed by atoms with E-state index in [9.17, 15) is 10.1 Å². The van der Waals surface area contributed by atoms with Crippen molar-refractivity contribution in [2.75, 3.05) is 13.7 Å². The highest BCUT2D eigenvalue weighted by Crippen LogP contribution is 2.45. The Morgan fingerprint density at radius 3 is 2.61 bits per heavy atom. The molecule has 2 heterocycles. The highest BCUT2D eigenvalue weighted by Gasteiger charge is 2.32. The number of aryl methyl sites for hydroxylation is 2. The lowest BCUT2D eigenvalue weighted by molar-refractivity contribution is 0.0702. The molecule has 0 aliphatic carbocycles. The van der Waals surface area contributed by atoms with Crippen LogP contribution in [-0.2, 0) is 0 Å². The van der Waals surface area contributed by atoms with Crippen LogP contribution in [-0.4, -0.2) is 19.7 Å². The third kappa shape index (κ3) is 5.44. The molecule has 0 saturated carbocycles. The molecule has 0 spiro atoms. The van der Waals surface area contributed by atoms with Crippen LogP contribution in [0.2, 0.25) is 0 Å². The summed E-state index contributed by atoms with van der Waals surface area (Å²) in [6.07, 6.45) is 0.915. The number of allylic oxidation sites excluding steroid dienone is 1. The average molecular weight is 553 g/mol. The van der Waals surface area contributed by atoms with E-state index in [2.05, 4.69) is 19.9 Å². The maximum atomic E-state index is 13.1. The van der Waals surface area contributed by atoms with Crippen LogP contribution in [0.1, 0.15) is 59.0 Å². The van der Waals surface area contributed by atoms with E-state index < -0.39 is 11.9 Å². The lowest BCUT2D eigenvalue weighted by Crippen LogP contribution is -2.21. The van der Waals surface area contributed by atoms with Crippen LogP contribution in [0.5, 0.6) is 23.0 Å². The summed E-state index contributed by atoms with van der Waals surface area (Å²) in [5.74, 6) is 1.30. The van der Waals surface area contributed by atoms with Crippen molar-refractivity contribution in [3.8, 4) is 29.1 Å². The van der Waals surface area contributed by atoms with E-state index in [1.165, 1.54) is 0 Å². The van der Waals surface area contributed by atoms with E-state index in [-0.39, 0.29) is 23.0 Å². The first-order chi connectivity index (χ1) is 19.7. The van der Waals surface area contributed by atoms with Crippen LogP contribution >= 0.6 is 0 Å². The van der Waals surface area contributed by atoms with Crippen molar-refractivity contribution >= 4 is 16.9 Å². The molecule has 41 heavy (non-hydrogen) atoms. The number of esters is 1. The number of nitrogens with zero attached hydrogens (tertiary/aromatic N) is 1. The van der Waals surface area contributed by atoms with Gasteiger partial charge >= 0.3 is 5.97 Å². The normalized spacial score (nSPS) is 14.4. The molecule has 0 amide bonds. The summed E-state index contributed by atoms with van der Waals surface area (Å²) in [6.45, 7) is 8.62. The van der Waals surface area contributed by atoms with E-state index in [1.807, 2.05) is 50.2 Å². The SMILES string of the molecule is COc1cc(C2C(C#N)=C(N)Oc3cc(OC(=O)c4oc5cc(C)ccc5c4C)ccc32)ccc1OCCC(C)C. The molecule has 8 heteroatoms.